The lowest BCUT2D eigenvalue weighted by atomic mass is 10.3. The van der Waals surface area contributed by atoms with Crippen LogP contribution < -0.4 is 5.73 Å². The fraction of sp³-hybridized carbons (Fsp3) is 0.462. The molecule has 0 aliphatic heterocycles. The summed E-state index contributed by atoms with van der Waals surface area (Å²) in [6, 6.07) is 5.77. The minimum absolute atomic E-state index is 0.660. The molecule has 1 heterocycles. The molecule has 1 aromatic heterocycles. The fourth-order valence-electron chi connectivity index (χ4n) is 2.03. The zero-order chi connectivity index (χ0) is 13.0. The van der Waals surface area contributed by atoms with Crippen LogP contribution in [0.25, 0.3) is 11.0 Å². The molecule has 0 saturated carbocycles. The van der Waals surface area contributed by atoms with E-state index >= 15 is 0 Å². The minimum Gasteiger partial charge on any atom is -0.383 e. The predicted molar refractivity (Wildman–Crippen MR) is 74.0 cm³/mol. The maximum atomic E-state index is 6.05. The molecule has 2 rings (SSSR count). The monoisotopic (exact) mass is 267 g/mol. The van der Waals surface area contributed by atoms with Crippen LogP contribution in [-0.4, -0.2) is 29.8 Å². The molecule has 0 bridgehead atoms. The Balaban J connectivity index is 2.40. The third-order valence-electron chi connectivity index (χ3n) is 2.91. The number of benzene rings is 1. The largest absolute Gasteiger partial charge is 0.383 e. The number of aryl methyl sites for hydroxylation is 1. The molecule has 0 aliphatic carbocycles. The van der Waals surface area contributed by atoms with Crippen molar-refractivity contribution in [3.8, 4) is 0 Å². The van der Waals surface area contributed by atoms with E-state index < -0.39 is 0 Å². The number of imidazole rings is 1. The molecule has 0 aliphatic rings. The van der Waals surface area contributed by atoms with Gasteiger partial charge in [0, 0.05) is 25.1 Å². The fourth-order valence-corrected chi connectivity index (χ4v) is 2.20. The Bertz CT molecular complexity index is 524. The van der Waals surface area contributed by atoms with E-state index in [0.717, 1.165) is 41.3 Å². The van der Waals surface area contributed by atoms with Crippen LogP contribution >= 0.6 is 11.6 Å². The number of nitrogens with two attached hydrogens (primary N) is 1. The van der Waals surface area contributed by atoms with Crippen molar-refractivity contribution in [2.24, 2.45) is 5.73 Å². The highest BCUT2D eigenvalue weighted by Crippen LogP contribution is 2.21. The van der Waals surface area contributed by atoms with Crippen LogP contribution in [0.1, 0.15) is 12.2 Å². The van der Waals surface area contributed by atoms with Gasteiger partial charge in [0.25, 0.3) is 0 Å². The highest BCUT2D eigenvalue weighted by Gasteiger charge is 2.10. The second-order valence-electron chi connectivity index (χ2n) is 4.20. The van der Waals surface area contributed by atoms with Gasteiger partial charge in [-0.25, -0.2) is 4.98 Å². The van der Waals surface area contributed by atoms with Crippen LogP contribution in [0.5, 0.6) is 0 Å². The molecule has 4 nitrogen and oxygen atoms in total. The van der Waals surface area contributed by atoms with Crippen molar-refractivity contribution in [3.05, 3.63) is 29.0 Å². The van der Waals surface area contributed by atoms with Crippen LogP contribution in [-0.2, 0) is 17.7 Å². The molecule has 1 aromatic carbocycles. The molecule has 2 aromatic rings. The Morgan fingerprint density at radius 1 is 1.44 bits per heavy atom. The molecular formula is C13H18ClN3O. The second-order valence-corrected chi connectivity index (χ2v) is 4.63. The summed E-state index contributed by atoms with van der Waals surface area (Å²) in [4.78, 5) is 4.64. The molecule has 0 spiro atoms. The van der Waals surface area contributed by atoms with Crippen molar-refractivity contribution in [2.45, 2.75) is 19.4 Å². The Kier molecular flexibility index (Phi) is 4.58. The van der Waals surface area contributed by atoms with E-state index in [4.69, 9.17) is 22.1 Å². The summed E-state index contributed by atoms with van der Waals surface area (Å²) in [5, 5.41) is 0.728. The van der Waals surface area contributed by atoms with E-state index in [1.54, 1.807) is 7.11 Å². The van der Waals surface area contributed by atoms with Gasteiger partial charge in [0.1, 0.15) is 5.82 Å². The van der Waals surface area contributed by atoms with E-state index in [1.807, 2.05) is 18.2 Å². The lowest BCUT2D eigenvalue weighted by Crippen LogP contribution is -2.10. The van der Waals surface area contributed by atoms with Gasteiger partial charge in [0.05, 0.1) is 17.6 Å². The number of aromatic nitrogens is 2. The first-order chi connectivity index (χ1) is 8.76. The molecule has 98 valence electrons. The first kappa shape index (κ1) is 13.3. The van der Waals surface area contributed by atoms with E-state index in [2.05, 4.69) is 9.55 Å². The molecule has 0 saturated heterocycles. The Labute approximate surface area is 112 Å². The van der Waals surface area contributed by atoms with Gasteiger partial charge < -0.3 is 15.0 Å². The van der Waals surface area contributed by atoms with Gasteiger partial charge in [-0.1, -0.05) is 11.6 Å². The molecule has 18 heavy (non-hydrogen) atoms. The highest BCUT2D eigenvalue weighted by molar-refractivity contribution is 6.31. The predicted octanol–water partition coefficient (Wildman–Crippen LogP) is 2.23. The number of hydrogen-bond donors (Lipinski definition) is 1. The Hall–Kier alpha value is -1.10. The number of fused-ring (bicyclic) bond motifs is 1. The molecule has 0 amide bonds. The third kappa shape index (κ3) is 2.83. The van der Waals surface area contributed by atoms with E-state index in [-0.39, 0.29) is 0 Å². The highest BCUT2D eigenvalue weighted by atomic mass is 35.5. The van der Waals surface area contributed by atoms with Crippen LogP contribution in [0.4, 0.5) is 0 Å². The van der Waals surface area contributed by atoms with Gasteiger partial charge in [-0.15, -0.1) is 0 Å². The van der Waals surface area contributed by atoms with Gasteiger partial charge in [0.15, 0.2) is 0 Å². The summed E-state index contributed by atoms with van der Waals surface area (Å²) >= 11 is 6.05. The average Bonchev–Trinajstić information content (AvgIpc) is 2.71. The Morgan fingerprint density at radius 2 is 2.28 bits per heavy atom. The number of methoxy groups -OCH3 is 1. The third-order valence-corrected chi connectivity index (χ3v) is 3.15. The first-order valence-electron chi connectivity index (χ1n) is 6.10. The van der Waals surface area contributed by atoms with Crippen molar-refractivity contribution in [1.29, 1.82) is 0 Å². The quantitative estimate of drug-likeness (QED) is 0.873. The van der Waals surface area contributed by atoms with Crippen molar-refractivity contribution in [1.82, 2.24) is 9.55 Å². The number of halogens is 1. The summed E-state index contributed by atoms with van der Waals surface area (Å²) in [7, 11) is 1.70. The van der Waals surface area contributed by atoms with Crippen molar-refractivity contribution < 1.29 is 4.74 Å². The number of nitrogens with zero attached hydrogens (tertiary/aromatic N) is 2. The van der Waals surface area contributed by atoms with Gasteiger partial charge in [-0.3, -0.25) is 0 Å². The average molecular weight is 268 g/mol. The molecular weight excluding hydrogens is 250 g/mol. The van der Waals surface area contributed by atoms with Gasteiger partial charge in [0.2, 0.25) is 0 Å². The summed E-state index contributed by atoms with van der Waals surface area (Å²) in [6.45, 7) is 2.12. The molecule has 5 heteroatoms. The van der Waals surface area contributed by atoms with E-state index in [1.165, 1.54) is 0 Å². The van der Waals surface area contributed by atoms with Gasteiger partial charge >= 0.3 is 0 Å². The second kappa shape index (κ2) is 6.18. The van der Waals surface area contributed by atoms with Crippen LogP contribution in [0.15, 0.2) is 18.2 Å². The Morgan fingerprint density at radius 3 is 3.00 bits per heavy atom. The summed E-state index contributed by atoms with van der Waals surface area (Å²) in [5.74, 6) is 1.05. The standard InChI is InChI=1S/C13H18ClN3O/c1-18-8-7-17-12-9-10(14)4-5-11(12)16-13(17)3-2-6-15/h4-5,9H,2-3,6-8,15H2,1H3. The molecule has 0 unspecified atom stereocenters. The van der Waals surface area contributed by atoms with Crippen molar-refractivity contribution >= 4 is 22.6 Å². The number of ether oxygens (including phenoxy) is 1. The molecule has 0 fully saturated rings. The smallest absolute Gasteiger partial charge is 0.109 e. The first-order valence-corrected chi connectivity index (χ1v) is 6.47. The normalized spacial score (nSPS) is 11.3. The lowest BCUT2D eigenvalue weighted by molar-refractivity contribution is 0.187. The van der Waals surface area contributed by atoms with Gasteiger partial charge in [-0.2, -0.15) is 0 Å². The SMILES string of the molecule is COCCn1c(CCCN)nc2ccc(Cl)cc21. The lowest BCUT2D eigenvalue weighted by Gasteiger charge is -2.08. The molecule has 0 radical (unpaired) electrons. The maximum Gasteiger partial charge on any atom is 0.109 e. The topological polar surface area (TPSA) is 53.1 Å². The van der Waals surface area contributed by atoms with Crippen molar-refractivity contribution in [2.75, 3.05) is 20.3 Å². The van der Waals surface area contributed by atoms with Gasteiger partial charge in [-0.05, 0) is 31.2 Å². The number of hydrogen-bond acceptors (Lipinski definition) is 3. The van der Waals surface area contributed by atoms with Crippen LogP contribution in [0.3, 0.4) is 0 Å². The molecule has 0 atom stereocenters. The van der Waals surface area contributed by atoms with E-state index in [9.17, 15) is 0 Å². The number of rotatable bonds is 6. The summed E-state index contributed by atoms with van der Waals surface area (Å²) < 4.78 is 7.31. The van der Waals surface area contributed by atoms with Crippen LogP contribution in [0, 0.1) is 0 Å². The maximum absolute atomic E-state index is 6.05. The summed E-state index contributed by atoms with van der Waals surface area (Å²) in [5.41, 5.74) is 7.60. The van der Waals surface area contributed by atoms with Crippen LogP contribution in [0.2, 0.25) is 5.02 Å². The van der Waals surface area contributed by atoms with Crippen molar-refractivity contribution in [3.63, 3.8) is 0 Å². The van der Waals surface area contributed by atoms with E-state index in [0.29, 0.717) is 13.2 Å². The zero-order valence-electron chi connectivity index (χ0n) is 10.5. The molecule has 2 N–H and O–H groups in total. The minimum atomic E-state index is 0.660. The summed E-state index contributed by atoms with van der Waals surface area (Å²) in [6.07, 6.45) is 1.82. The zero-order valence-corrected chi connectivity index (χ0v) is 11.3.